The molecular weight excluding hydrogens is 360 g/mol. The van der Waals surface area contributed by atoms with Crippen LogP contribution >= 0.6 is 11.7 Å². The van der Waals surface area contributed by atoms with E-state index < -0.39 is 10.0 Å². The molecule has 1 amide bonds. The lowest BCUT2D eigenvalue weighted by atomic mass is 10.2. The van der Waals surface area contributed by atoms with Gasteiger partial charge in [0.2, 0.25) is 15.9 Å². The number of benzene rings is 1. The van der Waals surface area contributed by atoms with E-state index in [2.05, 4.69) is 8.75 Å². The average molecular weight is 380 g/mol. The molecule has 1 saturated heterocycles. The van der Waals surface area contributed by atoms with Crippen LogP contribution in [0.2, 0.25) is 0 Å². The maximum Gasteiger partial charge on any atom is 0.249 e. The highest BCUT2D eigenvalue weighted by Crippen LogP contribution is 2.25. The largest absolute Gasteiger partial charge is 0.336 e. The monoisotopic (exact) mass is 380 g/mol. The van der Waals surface area contributed by atoms with E-state index in [0.29, 0.717) is 29.7 Å². The van der Waals surface area contributed by atoms with Crippen LogP contribution in [-0.2, 0) is 14.8 Å². The molecule has 3 rings (SSSR count). The van der Waals surface area contributed by atoms with E-state index in [0.717, 1.165) is 18.1 Å². The van der Waals surface area contributed by atoms with Crippen molar-refractivity contribution in [2.75, 3.05) is 26.2 Å². The highest BCUT2D eigenvalue weighted by molar-refractivity contribution is 7.89. The summed E-state index contributed by atoms with van der Waals surface area (Å²) in [7, 11) is -3.65. The summed E-state index contributed by atoms with van der Waals surface area (Å²) in [5.41, 5.74) is 1.70. The van der Waals surface area contributed by atoms with E-state index >= 15 is 0 Å². The van der Waals surface area contributed by atoms with Crippen molar-refractivity contribution in [2.45, 2.75) is 25.2 Å². The summed E-state index contributed by atoms with van der Waals surface area (Å²) in [5, 5.41) is 0. The van der Waals surface area contributed by atoms with Gasteiger partial charge in [-0.3, -0.25) is 4.79 Å². The first-order valence-corrected chi connectivity index (χ1v) is 10.3. The number of nitrogens with zero attached hydrogens (tertiary/aromatic N) is 4. The number of hydrogen-bond donors (Lipinski definition) is 0. The Kier molecular flexibility index (Phi) is 5.16. The summed E-state index contributed by atoms with van der Waals surface area (Å²) < 4.78 is 35.6. The van der Waals surface area contributed by atoms with Crippen molar-refractivity contribution in [3.8, 4) is 0 Å². The Hall–Kier alpha value is -1.84. The second-order valence-corrected chi connectivity index (χ2v) is 8.31. The second-order valence-electron chi connectivity index (χ2n) is 5.88. The summed E-state index contributed by atoms with van der Waals surface area (Å²) in [6.07, 6.45) is 2.69. The number of piperazine rings is 1. The molecule has 1 aliphatic rings. The first-order chi connectivity index (χ1) is 11.9. The van der Waals surface area contributed by atoms with Crippen LogP contribution in [0.15, 0.2) is 34.7 Å². The number of allylic oxidation sites excluding steroid dienone is 1. The minimum absolute atomic E-state index is 0.0234. The summed E-state index contributed by atoms with van der Waals surface area (Å²) >= 11 is 1.000. The third kappa shape index (κ3) is 3.44. The van der Waals surface area contributed by atoms with Crippen molar-refractivity contribution >= 4 is 38.7 Å². The van der Waals surface area contributed by atoms with Crippen molar-refractivity contribution in [2.24, 2.45) is 0 Å². The molecular formula is C16H20N4O3S2. The molecule has 0 N–H and O–H groups in total. The van der Waals surface area contributed by atoms with E-state index in [1.54, 1.807) is 30.0 Å². The van der Waals surface area contributed by atoms with Crippen molar-refractivity contribution in [3.05, 3.63) is 29.8 Å². The van der Waals surface area contributed by atoms with Crippen LogP contribution in [0.5, 0.6) is 0 Å². The first kappa shape index (κ1) is 18.0. The van der Waals surface area contributed by atoms with Crippen LogP contribution in [0.3, 0.4) is 0 Å². The molecule has 134 valence electrons. The van der Waals surface area contributed by atoms with E-state index in [1.165, 1.54) is 4.31 Å². The molecule has 1 aliphatic heterocycles. The number of sulfonamides is 1. The van der Waals surface area contributed by atoms with Crippen LogP contribution in [0, 0.1) is 0 Å². The van der Waals surface area contributed by atoms with Gasteiger partial charge >= 0.3 is 0 Å². The van der Waals surface area contributed by atoms with Gasteiger partial charge in [0.15, 0.2) is 0 Å². The fourth-order valence-electron chi connectivity index (χ4n) is 2.90. The molecule has 2 aromatic rings. The molecule has 1 aromatic heterocycles. The average Bonchev–Trinajstić information content (AvgIpc) is 3.10. The lowest BCUT2D eigenvalue weighted by molar-refractivity contribution is -0.128. The van der Waals surface area contributed by atoms with Gasteiger partial charge in [0.05, 0.1) is 11.7 Å². The zero-order valence-electron chi connectivity index (χ0n) is 14.2. The quantitative estimate of drug-likeness (QED) is 0.756. The van der Waals surface area contributed by atoms with Gasteiger partial charge in [0, 0.05) is 31.8 Å². The van der Waals surface area contributed by atoms with Crippen molar-refractivity contribution in [1.29, 1.82) is 0 Å². The lowest BCUT2D eigenvalue weighted by Gasteiger charge is -2.34. The highest BCUT2D eigenvalue weighted by atomic mass is 32.2. The molecule has 1 aromatic carbocycles. The molecule has 7 nitrogen and oxygen atoms in total. The van der Waals surface area contributed by atoms with Gasteiger partial charge in [-0.05, 0) is 25.5 Å². The van der Waals surface area contributed by atoms with Gasteiger partial charge in [-0.15, -0.1) is 0 Å². The van der Waals surface area contributed by atoms with Crippen molar-refractivity contribution in [3.63, 3.8) is 0 Å². The number of amides is 1. The second kappa shape index (κ2) is 7.19. The molecule has 0 atom stereocenters. The maximum atomic E-state index is 13.0. The number of aromatic nitrogens is 2. The summed E-state index contributed by atoms with van der Waals surface area (Å²) in [6, 6.07) is 4.98. The van der Waals surface area contributed by atoms with Crippen molar-refractivity contribution < 1.29 is 13.2 Å². The Morgan fingerprint density at radius 3 is 2.64 bits per heavy atom. The fourth-order valence-corrected chi connectivity index (χ4v) is 5.08. The Balaban J connectivity index is 1.77. The number of carbonyl (C=O) groups is 1. The molecule has 0 saturated carbocycles. The minimum atomic E-state index is -3.65. The molecule has 25 heavy (non-hydrogen) atoms. The van der Waals surface area contributed by atoms with Crippen molar-refractivity contribution in [1.82, 2.24) is 18.0 Å². The van der Waals surface area contributed by atoms with Crippen LogP contribution in [0.25, 0.3) is 11.0 Å². The fraction of sp³-hybridized carbons (Fsp3) is 0.438. The van der Waals surface area contributed by atoms with Gasteiger partial charge in [-0.2, -0.15) is 13.1 Å². The molecule has 2 heterocycles. The minimum Gasteiger partial charge on any atom is -0.336 e. The van der Waals surface area contributed by atoms with E-state index in [1.807, 2.05) is 13.0 Å². The van der Waals surface area contributed by atoms with E-state index in [-0.39, 0.29) is 23.9 Å². The number of hydrogen-bond acceptors (Lipinski definition) is 6. The molecule has 0 bridgehead atoms. The van der Waals surface area contributed by atoms with Gasteiger partial charge in [0.1, 0.15) is 15.9 Å². The smallest absolute Gasteiger partial charge is 0.249 e. The molecule has 0 aliphatic carbocycles. The van der Waals surface area contributed by atoms with Crippen LogP contribution in [-0.4, -0.2) is 58.5 Å². The summed E-state index contributed by atoms with van der Waals surface area (Å²) in [6.45, 7) is 5.11. The first-order valence-electron chi connectivity index (χ1n) is 8.12. The molecule has 0 spiro atoms. The van der Waals surface area contributed by atoms with E-state index in [9.17, 15) is 13.2 Å². The molecule has 0 unspecified atom stereocenters. The van der Waals surface area contributed by atoms with Gasteiger partial charge < -0.3 is 4.90 Å². The number of fused-ring (bicyclic) bond motifs is 1. The van der Waals surface area contributed by atoms with Crippen LogP contribution in [0.4, 0.5) is 0 Å². The Morgan fingerprint density at radius 1 is 1.24 bits per heavy atom. The highest BCUT2D eigenvalue weighted by Gasteiger charge is 2.32. The topological polar surface area (TPSA) is 83.5 Å². The predicted molar refractivity (Wildman–Crippen MR) is 96.8 cm³/mol. The number of carbonyl (C=O) groups excluding carboxylic acids is 1. The third-order valence-electron chi connectivity index (χ3n) is 4.24. The molecule has 1 fully saturated rings. The zero-order valence-corrected chi connectivity index (χ0v) is 15.8. The maximum absolute atomic E-state index is 13.0. The SMILES string of the molecule is CCC=C(C)C(=O)N1CCN(S(=O)(=O)c2cccc3nsnc23)CC1. The van der Waals surface area contributed by atoms with E-state index in [4.69, 9.17) is 0 Å². The summed E-state index contributed by atoms with van der Waals surface area (Å²) in [5.74, 6) is -0.0234. The van der Waals surface area contributed by atoms with Gasteiger partial charge in [-0.25, -0.2) is 8.42 Å². The Morgan fingerprint density at radius 2 is 1.96 bits per heavy atom. The zero-order chi connectivity index (χ0) is 18.0. The summed E-state index contributed by atoms with van der Waals surface area (Å²) in [4.78, 5) is 14.2. The van der Waals surface area contributed by atoms with Gasteiger partial charge in [0.25, 0.3) is 0 Å². The molecule has 0 radical (unpaired) electrons. The predicted octanol–water partition coefficient (Wildman–Crippen LogP) is 1.88. The third-order valence-corrected chi connectivity index (χ3v) is 6.71. The Labute approximate surface area is 151 Å². The number of rotatable bonds is 4. The normalized spacial score (nSPS) is 17.2. The van der Waals surface area contributed by atoms with Gasteiger partial charge in [-0.1, -0.05) is 19.1 Å². The standard InChI is InChI=1S/C16H20N4O3S2/c1-3-5-12(2)16(21)19-8-10-20(11-9-19)25(22,23)14-7-4-6-13-15(14)18-24-17-13/h4-7H,3,8-11H2,1-2H3. The lowest BCUT2D eigenvalue weighted by Crippen LogP contribution is -2.50. The van der Waals surface area contributed by atoms with Crippen LogP contribution in [0.1, 0.15) is 20.3 Å². The van der Waals surface area contributed by atoms with Crippen LogP contribution < -0.4 is 0 Å². The Bertz CT molecular complexity index is 912. The molecule has 9 heteroatoms.